The van der Waals surface area contributed by atoms with Gasteiger partial charge in [-0.1, -0.05) is 6.92 Å². The fourth-order valence-corrected chi connectivity index (χ4v) is 1.46. The van der Waals surface area contributed by atoms with Crippen molar-refractivity contribution in [3.8, 4) is 0 Å². The third kappa shape index (κ3) is 1.13. The van der Waals surface area contributed by atoms with Crippen LogP contribution in [0.4, 0.5) is 0 Å². The van der Waals surface area contributed by atoms with E-state index in [1.165, 1.54) is 0 Å². The number of H-pyrrole nitrogens is 1. The molecule has 2 rings (SSSR count). The second-order valence-electron chi connectivity index (χ2n) is 3.50. The van der Waals surface area contributed by atoms with Gasteiger partial charge in [-0.2, -0.15) is 0 Å². The maximum absolute atomic E-state index is 10.9. The summed E-state index contributed by atoms with van der Waals surface area (Å²) in [5, 5.41) is 8.98. The number of rotatable bonds is 3. The van der Waals surface area contributed by atoms with Crippen LogP contribution in [-0.2, 0) is 16.6 Å². The fourth-order valence-electron chi connectivity index (χ4n) is 1.46. The molecule has 1 aliphatic carbocycles. The van der Waals surface area contributed by atoms with Gasteiger partial charge >= 0.3 is 5.97 Å². The van der Waals surface area contributed by atoms with E-state index < -0.39 is 11.4 Å². The summed E-state index contributed by atoms with van der Waals surface area (Å²) >= 11 is 0. The molecular formula is C9H12N2O2. The van der Waals surface area contributed by atoms with E-state index in [0.717, 1.165) is 12.1 Å². The Morgan fingerprint density at radius 2 is 2.46 bits per heavy atom. The highest BCUT2D eigenvalue weighted by molar-refractivity contribution is 5.83. The van der Waals surface area contributed by atoms with Gasteiger partial charge < -0.3 is 10.1 Å². The van der Waals surface area contributed by atoms with Crippen molar-refractivity contribution in [2.24, 2.45) is 0 Å². The van der Waals surface area contributed by atoms with Gasteiger partial charge in [0.15, 0.2) is 0 Å². The van der Waals surface area contributed by atoms with Crippen LogP contribution in [0, 0.1) is 0 Å². The average molecular weight is 180 g/mol. The smallest absolute Gasteiger partial charge is 0.317 e. The Labute approximate surface area is 76.0 Å². The lowest BCUT2D eigenvalue weighted by molar-refractivity contribution is -0.140. The highest BCUT2D eigenvalue weighted by Gasteiger charge is 2.54. The first-order chi connectivity index (χ1) is 6.19. The van der Waals surface area contributed by atoms with Gasteiger partial charge in [-0.3, -0.25) is 4.79 Å². The summed E-state index contributed by atoms with van der Waals surface area (Å²) < 4.78 is 0. The zero-order valence-electron chi connectivity index (χ0n) is 7.50. The highest BCUT2D eigenvalue weighted by Crippen LogP contribution is 2.46. The summed E-state index contributed by atoms with van der Waals surface area (Å²) in [6.07, 6.45) is 4.00. The number of carbonyl (C=O) groups is 1. The van der Waals surface area contributed by atoms with E-state index >= 15 is 0 Å². The van der Waals surface area contributed by atoms with Gasteiger partial charge in [0.1, 0.15) is 11.2 Å². The lowest BCUT2D eigenvalue weighted by Crippen LogP contribution is -2.21. The maximum Gasteiger partial charge on any atom is 0.317 e. The molecule has 4 heteroatoms. The molecule has 2 N–H and O–H groups in total. The van der Waals surface area contributed by atoms with Crippen LogP contribution >= 0.6 is 0 Å². The van der Waals surface area contributed by atoms with Crippen LogP contribution < -0.4 is 0 Å². The molecule has 1 saturated carbocycles. The zero-order chi connectivity index (χ0) is 9.47. The first-order valence-electron chi connectivity index (χ1n) is 4.47. The van der Waals surface area contributed by atoms with Crippen LogP contribution in [0.3, 0.4) is 0 Å². The molecular weight excluding hydrogens is 168 g/mol. The molecule has 70 valence electrons. The van der Waals surface area contributed by atoms with Gasteiger partial charge in [0.2, 0.25) is 0 Å². The number of aliphatic carboxylic acids is 1. The van der Waals surface area contributed by atoms with Gasteiger partial charge in [0.05, 0.1) is 0 Å². The lowest BCUT2D eigenvalue weighted by Gasteiger charge is -2.04. The average Bonchev–Trinajstić information content (AvgIpc) is 2.79. The van der Waals surface area contributed by atoms with E-state index in [2.05, 4.69) is 9.97 Å². The minimum absolute atomic E-state index is 0.622. The molecule has 13 heavy (non-hydrogen) atoms. The maximum atomic E-state index is 10.9. The van der Waals surface area contributed by atoms with Crippen molar-refractivity contribution in [3.05, 3.63) is 17.7 Å². The SMILES string of the molecule is CCc1cnc(C2(C(=O)O)CC2)[nH]1. The Hall–Kier alpha value is -1.32. The normalized spacial score (nSPS) is 18.5. The van der Waals surface area contributed by atoms with Crippen molar-refractivity contribution < 1.29 is 9.90 Å². The molecule has 0 aromatic carbocycles. The van der Waals surface area contributed by atoms with Gasteiger partial charge in [0.25, 0.3) is 0 Å². The molecule has 0 spiro atoms. The molecule has 0 bridgehead atoms. The number of nitrogens with one attached hydrogen (secondary N) is 1. The summed E-state index contributed by atoms with van der Waals surface area (Å²) in [4.78, 5) is 18.1. The first-order valence-corrected chi connectivity index (χ1v) is 4.47. The summed E-state index contributed by atoms with van der Waals surface area (Å²) in [6.45, 7) is 2.01. The topological polar surface area (TPSA) is 66.0 Å². The predicted octanol–water partition coefficient (Wildman–Crippen LogP) is 1.09. The Kier molecular flexibility index (Phi) is 1.65. The van der Waals surface area contributed by atoms with Crippen LogP contribution in [-0.4, -0.2) is 21.0 Å². The molecule has 1 aromatic rings. The molecule has 0 atom stereocenters. The number of aromatic nitrogens is 2. The third-order valence-electron chi connectivity index (χ3n) is 2.62. The number of aryl methyl sites for hydroxylation is 1. The summed E-state index contributed by atoms with van der Waals surface area (Å²) in [6, 6.07) is 0. The van der Waals surface area contributed by atoms with Crippen LogP contribution in [0.15, 0.2) is 6.20 Å². The van der Waals surface area contributed by atoms with E-state index in [9.17, 15) is 4.79 Å². The second-order valence-corrected chi connectivity index (χ2v) is 3.50. The number of nitrogens with zero attached hydrogens (tertiary/aromatic N) is 1. The quantitative estimate of drug-likeness (QED) is 0.731. The molecule has 1 aromatic heterocycles. The van der Waals surface area contributed by atoms with Crippen LogP contribution in [0.5, 0.6) is 0 Å². The van der Waals surface area contributed by atoms with Crippen molar-refractivity contribution in [1.82, 2.24) is 9.97 Å². The Balaban J connectivity index is 2.30. The largest absolute Gasteiger partial charge is 0.480 e. The molecule has 0 unspecified atom stereocenters. The molecule has 0 radical (unpaired) electrons. The first kappa shape index (κ1) is 8.29. The lowest BCUT2D eigenvalue weighted by atomic mass is 10.1. The van der Waals surface area contributed by atoms with Crippen molar-refractivity contribution >= 4 is 5.97 Å². The van der Waals surface area contributed by atoms with Gasteiger partial charge in [0, 0.05) is 11.9 Å². The predicted molar refractivity (Wildman–Crippen MR) is 46.5 cm³/mol. The van der Waals surface area contributed by atoms with Crippen molar-refractivity contribution in [2.45, 2.75) is 31.6 Å². The fraction of sp³-hybridized carbons (Fsp3) is 0.556. The third-order valence-corrected chi connectivity index (χ3v) is 2.62. The zero-order valence-corrected chi connectivity index (χ0v) is 7.50. The van der Waals surface area contributed by atoms with E-state index in [1.54, 1.807) is 6.20 Å². The Morgan fingerprint density at radius 1 is 1.77 bits per heavy atom. The van der Waals surface area contributed by atoms with Crippen molar-refractivity contribution in [1.29, 1.82) is 0 Å². The number of carboxylic acids is 1. The number of imidazole rings is 1. The monoisotopic (exact) mass is 180 g/mol. The molecule has 0 saturated heterocycles. The van der Waals surface area contributed by atoms with Crippen molar-refractivity contribution in [2.75, 3.05) is 0 Å². The highest BCUT2D eigenvalue weighted by atomic mass is 16.4. The van der Waals surface area contributed by atoms with Gasteiger partial charge in [-0.05, 0) is 19.3 Å². The minimum Gasteiger partial charge on any atom is -0.480 e. The van der Waals surface area contributed by atoms with E-state index in [1.807, 2.05) is 6.92 Å². The van der Waals surface area contributed by atoms with Crippen molar-refractivity contribution in [3.63, 3.8) is 0 Å². The summed E-state index contributed by atoms with van der Waals surface area (Å²) in [5.41, 5.74) is 0.315. The summed E-state index contributed by atoms with van der Waals surface area (Å²) in [7, 11) is 0. The van der Waals surface area contributed by atoms with Gasteiger partial charge in [-0.15, -0.1) is 0 Å². The molecule has 4 nitrogen and oxygen atoms in total. The van der Waals surface area contributed by atoms with E-state index in [4.69, 9.17) is 5.11 Å². The molecule has 0 aliphatic heterocycles. The van der Waals surface area contributed by atoms with E-state index in [0.29, 0.717) is 18.7 Å². The molecule has 0 amide bonds. The van der Waals surface area contributed by atoms with Crippen LogP contribution in [0.1, 0.15) is 31.3 Å². The second kappa shape index (κ2) is 2.58. The van der Waals surface area contributed by atoms with Crippen LogP contribution in [0.2, 0.25) is 0 Å². The Bertz CT molecular complexity index is 339. The van der Waals surface area contributed by atoms with Gasteiger partial charge in [-0.25, -0.2) is 4.98 Å². The molecule has 1 heterocycles. The van der Waals surface area contributed by atoms with Crippen LogP contribution in [0.25, 0.3) is 0 Å². The number of carboxylic acid groups (broad SMARTS) is 1. The number of hydrogen-bond donors (Lipinski definition) is 2. The molecule has 1 aliphatic rings. The summed E-state index contributed by atoms with van der Waals surface area (Å²) in [5.74, 6) is -0.138. The molecule has 1 fully saturated rings. The van der Waals surface area contributed by atoms with E-state index in [-0.39, 0.29) is 0 Å². The standard InChI is InChI=1S/C9H12N2O2/c1-2-6-5-10-7(11-6)9(3-4-9)8(12)13/h5H,2-4H2,1H3,(H,10,11)(H,12,13). The Morgan fingerprint density at radius 3 is 2.85 bits per heavy atom. The number of aromatic amines is 1. The minimum atomic E-state index is -0.760. The number of hydrogen-bond acceptors (Lipinski definition) is 2.